The molecule has 3 heteroatoms. The molecule has 13 heavy (non-hydrogen) atoms. The van der Waals surface area contributed by atoms with Crippen LogP contribution < -0.4 is 10.2 Å². The molecule has 0 spiro atoms. The third-order valence-corrected chi connectivity index (χ3v) is 2.67. The first-order chi connectivity index (χ1) is 6.18. The maximum atomic E-state index is 6.13. The van der Waals surface area contributed by atoms with Crippen molar-refractivity contribution < 1.29 is 0 Å². The van der Waals surface area contributed by atoms with Gasteiger partial charge in [-0.25, -0.2) is 0 Å². The highest BCUT2D eigenvalue weighted by Crippen LogP contribution is 2.34. The third-order valence-electron chi connectivity index (χ3n) is 2.37. The maximum Gasteiger partial charge on any atom is 0.0660 e. The quantitative estimate of drug-likeness (QED) is 0.742. The summed E-state index contributed by atoms with van der Waals surface area (Å²) in [6.45, 7) is 1.01. The molecule has 1 aliphatic heterocycles. The van der Waals surface area contributed by atoms with E-state index in [0.29, 0.717) is 0 Å². The van der Waals surface area contributed by atoms with Crippen LogP contribution in [-0.4, -0.2) is 20.6 Å². The minimum Gasteiger partial charge on any atom is -0.383 e. The van der Waals surface area contributed by atoms with Crippen LogP contribution in [-0.2, 0) is 6.42 Å². The molecule has 1 aromatic rings. The summed E-state index contributed by atoms with van der Waals surface area (Å²) < 4.78 is 0. The molecule has 70 valence electrons. The van der Waals surface area contributed by atoms with Crippen LogP contribution in [0.3, 0.4) is 0 Å². The first kappa shape index (κ1) is 8.70. The zero-order valence-corrected chi connectivity index (χ0v) is 8.65. The van der Waals surface area contributed by atoms with Crippen molar-refractivity contribution in [2.24, 2.45) is 0 Å². The highest BCUT2D eigenvalue weighted by Gasteiger charge is 2.14. The van der Waals surface area contributed by atoms with Crippen LogP contribution in [0.15, 0.2) is 12.1 Å². The summed E-state index contributed by atoms with van der Waals surface area (Å²) in [7, 11) is 4.06. The smallest absolute Gasteiger partial charge is 0.0660 e. The minimum absolute atomic E-state index is 0.832. The van der Waals surface area contributed by atoms with Gasteiger partial charge in [0.2, 0.25) is 0 Å². The number of benzene rings is 1. The van der Waals surface area contributed by atoms with Crippen molar-refractivity contribution in [3.05, 3.63) is 22.7 Å². The lowest BCUT2D eigenvalue weighted by Crippen LogP contribution is -2.08. The lowest BCUT2D eigenvalue weighted by molar-refractivity contribution is 1.09. The van der Waals surface area contributed by atoms with Crippen LogP contribution in [0.5, 0.6) is 0 Å². The molecule has 0 saturated carbocycles. The number of hydrogen-bond acceptors (Lipinski definition) is 2. The van der Waals surface area contributed by atoms with Crippen LogP contribution >= 0.6 is 11.6 Å². The first-order valence-corrected chi connectivity index (χ1v) is 4.80. The second-order valence-electron chi connectivity index (χ2n) is 3.53. The van der Waals surface area contributed by atoms with Gasteiger partial charge in [-0.15, -0.1) is 0 Å². The number of anilines is 2. The summed E-state index contributed by atoms with van der Waals surface area (Å²) in [4.78, 5) is 2.07. The van der Waals surface area contributed by atoms with Crippen molar-refractivity contribution in [2.45, 2.75) is 6.42 Å². The molecule has 1 aromatic carbocycles. The lowest BCUT2D eigenvalue weighted by atomic mass is 10.1. The average Bonchev–Trinajstić information content (AvgIpc) is 2.51. The average molecular weight is 197 g/mol. The zero-order chi connectivity index (χ0) is 9.42. The van der Waals surface area contributed by atoms with Crippen molar-refractivity contribution >= 4 is 23.0 Å². The van der Waals surface area contributed by atoms with Crippen molar-refractivity contribution in [2.75, 3.05) is 30.9 Å². The van der Waals surface area contributed by atoms with Crippen molar-refractivity contribution in [3.63, 3.8) is 0 Å². The molecular formula is C10H13ClN2. The normalized spacial score (nSPS) is 13.8. The van der Waals surface area contributed by atoms with E-state index in [1.165, 1.54) is 11.3 Å². The fourth-order valence-electron chi connectivity index (χ4n) is 1.62. The van der Waals surface area contributed by atoms with E-state index >= 15 is 0 Å². The highest BCUT2D eigenvalue weighted by atomic mass is 35.5. The summed E-state index contributed by atoms with van der Waals surface area (Å²) in [5, 5.41) is 4.12. The van der Waals surface area contributed by atoms with Crippen LogP contribution in [0.2, 0.25) is 5.02 Å². The lowest BCUT2D eigenvalue weighted by Gasteiger charge is -2.14. The molecule has 0 radical (unpaired) electrons. The van der Waals surface area contributed by atoms with E-state index in [4.69, 9.17) is 11.6 Å². The Kier molecular flexibility index (Phi) is 2.08. The van der Waals surface area contributed by atoms with Gasteiger partial charge in [-0.3, -0.25) is 0 Å². The number of hydrogen-bond donors (Lipinski definition) is 1. The zero-order valence-electron chi connectivity index (χ0n) is 7.89. The number of rotatable bonds is 1. The van der Waals surface area contributed by atoms with Gasteiger partial charge in [0.25, 0.3) is 0 Å². The summed E-state index contributed by atoms with van der Waals surface area (Å²) >= 11 is 6.13. The summed E-state index contributed by atoms with van der Waals surface area (Å²) in [6, 6.07) is 4.19. The highest BCUT2D eigenvalue weighted by molar-refractivity contribution is 6.33. The third kappa shape index (κ3) is 1.46. The predicted octanol–water partition coefficient (Wildman–Crippen LogP) is 2.37. The molecule has 0 unspecified atom stereocenters. The van der Waals surface area contributed by atoms with E-state index in [2.05, 4.69) is 16.3 Å². The Bertz CT molecular complexity index is 334. The number of nitrogens with zero attached hydrogens (tertiary/aromatic N) is 1. The fourth-order valence-corrected chi connectivity index (χ4v) is 1.92. The largest absolute Gasteiger partial charge is 0.383 e. The van der Waals surface area contributed by atoms with Gasteiger partial charge < -0.3 is 10.2 Å². The standard InChI is InChI=1S/C10H13ClN2/c1-13(2)8-5-7-3-4-12-10(7)9(11)6-8/h5-6,12H,3-4H2,1-2H3. The van der Waals surface area contributed by atoms with E-state index in [9.17, 15) is 0 Å². The Hall–Kier alpha value is -0.890. The van der Waals surface area contributed by atoms with Crippen molar-refractivity contribution in [3.8, 4) is 0 Å². The molecule has 0 amide bonds. The second-order valence-corrected chi connectivity index (χ2v) is 3.94. The summed E-state index contributed by atoms with van der Waals surface area (Å²) in [5.74, 6) is 0. The Morgan fingerprint density at radius 1 is 1.38 bits per heavy atom. The second kappa shape index (κ2) is 3.11. The van der Waals surface area contributed by atoms with Gasteiger partial charge in [-0.05, 0) is 24.1 Å². The SMILES string of the molecule is CN(C)c1cc(Cl)c2c(c1)CCN2. The Labute approximate surface area is 83.5 Å². The Morgan fingerprint density at radius 2 is 2.15 bits per heavy atom. The topological polar surface area (TPSA) is 15.3 Å². The van der Waals surface area contributed by atoms with Crippen LogP contribution in [0.1, 0.15) is 5.56 Å². The summed E-state index contributed by atoms with van der Waals surface area (Å²) in [5.41, 5.74) is 3.62. The van der Waals surface area contributed by atoms with Gasteiger partial charge >= 0.3 is 0 Å². The van der Waals surface area contributed by atoms with E-state index in [1.54, 1.807) is 0 Å². The molecule has 0 atom stereocenters. The Morgan fingerprint density at radius 3 is 2.85 bits per heavy atom. The van der Waals surface area contributed by atoms with Gasteiger partial charge in [0.1, 0.15) is 0 Å². The fraction of sp³-hybridized carbons (Fsp3) is 0.400. The molecule has 0 bridgehead atoms. The van der Waals surface area contributed by atoms with Crippen molar-refractivity contribution in [1.82, 2.24) is 0 Å². The molecule has 2 nitrogen and oxygen atoms in total. The molecule has 0 saturated heterocycles. The predicted molar refractivity (Wildman–Crippen MR) is 58.0 cm³/mol. The molecule has 0 aromatic heterocycles. The maximum absolute atomic E-state index is 6.13. The van der Waals surface area contributed by atoms with Gasteiger partial charge in [0, 0.05) is 26.3 Å². The van der Waals surface area contributed by atoms with Crippen LogP contribution in [0.25, 0.3) is 0 Å². The van der Waals surface area contributed by atoms with Gasteiger partial charge in [0.05, 0.1) is 10.7 Å². The number of halogens is 1. The van der Waals surface area contributed by atoms with E-state index in [-0.39, 0.29) is 0 Å². The molecule has 0 aliphatic carbocycles. The van der Waals surface area contributed by atoms with Gasteiger partial charge in [0.15, 0.2) is 0 Å². The molecule has 0 fully saturated rings. The van der Waals surface area contributed by atoms with E-state index < -0.39 is 0 Å². The van der Waals surface area contributed by atoms with Crippen LogP contribution in [0, 0.1) is 0 Å². The molecule has 1 N–H and O–H groups in total. The van der Waals surface area contributed by atoms with Gasteiger partial charge in [-0.2, -0.15) is 0 Å². The van der Waals surface area contributed by atoms with E-state index in [1.807, 2.05) is 20.2 Å². The monoisotopic (exact) mass is 196 g/mol. The molecule has 1 heterocycles. The molecule has 1 aliphatic rings. The summed E-state index contributed by atoms with van der Waals surface area (Å²) in [6.07, 6.45) is 1.08. The van der Waals surface area contributed by atoms with Crippen molar-refractivity contribution in [1.29, 1.82) is 0 Å². The number of nitrogens with one attached hydrogen (secondary N) is 1. The minimum atomic E-state index is 0.832. The molecular weight excluding hydrogens is 184 g/mol. The molecule has 2 rings (SSSR count). The number of fused-ring (bicyclic) bond motifs is 1. The van der Waals surface area contributed by atoms with Gasteiger partial charge in [-0.1, -0.05) is 11.6 Å². The Balaban J connectivity index is 2.49. The van der Waals surface area contributed by atoms with Crippen LogP contribution in [0.4, 0.5) is 11.4 Å². The van der Waals surface area contributed by atoms with E-state index in [0.717, 1.165) is 23.7 Å². The first-order valence-electron chi connectivity index (χ1n) is 4.42.